The summed E-state index contributed by atoms with van der Waals surface area (Å²) in [6.45, 7) is 1.69. The summed E-state index contributed by atoms with van der Waals surface area (Å²) in [4.78, 5) is 15.7. The van der Waals surface area contributed by atoms with E-state index >= 15 is 0 Å². The van der Waals surface area contributed by atoms with Crippen molar-refractivity contribution in [2.24, 2.45) is 5.73 Å². The molecular formula is C16H20N2O2S. The van der Waals surface area contributed by atoms with E-state index in [-0.39, 0.29) is 18.1 Å². The molecule has 1 aliphatic carbocycles. The highest BCUT2D eigenvalue weighted by Crippen LogP contribution is 2.30. The minimum Gasteiger partial charge on any atom is -0.374 e. The number of nitrogens with two attached hydrogens (primary N) is 1. The minimum absolute atomic E-state index is 0.118. The van der Waals surface area contributed by atoms with Gasteiger partial charge in [-0.2, -0.15) is 0 Å². The van der Waals surface area contributed by atoms with Crippen molar-refractivity contribution in [3.05, 3.63) is 21.9 Å². The Labute approximate surface area is 129 Å². The van der Waals surface area contributed by atoms with Crippen LogP contribution in [-0.4, -0.2) is 42.6 Å². The fraction of sp³-hybridized carbons (Fsp3) is 0.562. The average Bonchev–Trinajstić information content (AvgIpc) is 3.00. The first kappa shape index (κ1) is 14.6. The number of nitrogens with zero attached hydrogens (tertiary/aromatic N) is 1. The van der Waals surface area contributed by atoms with Crippen molar-refractivity contribution in [1.82, 2.24) is 4.90 Å². The lowest BCUT2D eigenvalue weighted by atomic mass is 9.90. The lowest BCUT2D eigenvalue weighted by Gasteiger charge is -2.43. The van der Waals surface area contributed by atoms with Crippen LogP contribution in [0.3, 0.4) is 0 Å². The second-order valence-electron chi connectivity index (χ2n) is 5.47. The van der Waals surface area contributed by atoms with Crippen LogP contribution in [0, 0.1) is 11.8 Å². The van der Waals surface area contributed by atoms with Gasteiger partial charge in [-0.1, -0.05) is 24.7 Å². The monoisotopic (exact) mass is 304 g/mol. The normalized spacial score (nSPS) is 24.9. The number of hydrogen-bond donors (Lipinski definition) is 1. The molecule has 2 fully saturated rings. The third-order valence-electron chi connectivity index (χ3n) is 4.15. The Kier molecular flexibility index (Phi) is 4.59. The van der Waals surface area contributed by atoms with Crippen molar-refractivity contribution >= 4 is 17.2 Å². The minimum atomic E-state index is 0.118. The molecule has 1 saturated carbocycles. The zero-order valence-corrected chi connectivity index (χ0v) is 12.8. The maximum Gasteiger partial charge on any atom is 0.255 e. The Bertz CT molecular complexity index is 570. The standard InChI is InChI=1S/C16H20N2O2S/c17-7-3-4-13-10-12(11-21-13)16(19)18-8-9-20-15-6-2-1-5-14(15)18/h10-11,14-15H,1-2,5-9,17H2. The van der Waals surface area contributed by atoms with Crippen LogP contribution in [-0.2, 0) is 4.74 Å². The summed E-state index contributed by atoms with van der Waals surface area (Å²) in [6.07, 6.45) is 4.75. The maximum absolute atomic E-state index is 12.7. The first-order valence-electron chi connectivity index (χ1n) is 7.49. The summed E-state index contributed by atoms with van der Waals surface area (Å²) in [6, 6.07) is 2.13. The fourth-order valence-electron chi connectivity index (χ4n) is 3.17. The number of hydrogen-bond acceptors (Lipinski definition) is 4. The molecule has 2 N–H and O–H groups in total. The molecule has 4 nitrogen and oxygen atoms in total. The molecule has 1 amide bonds. The molecule has 5 heteroatoms. The summed E-state index contributed by atoms with van der Waals surface area (Å²) in [5.41, 5.74) is 6.12. The summed E-state index contributed by atoms with van der Waals surface area (Å²) in [5, 5.41) is 1.90. The van der Waals surface area contributed by atoms with E-state index in [1.807, 2.05) is 16.3 Å². The van der Waals surface area contributed by atoms with Gasteiger partial charge in [0.05, 0.1) is 35.7 Å². The fourth-order valence-corrected chi connectivity index (χ4v) is 3.92. The third kappa shape index (κ3) is 3.13. The molecule has 112 valence electrons. The highest BCUT2D eigenvalue weighted by atomic mass is 32.1. The predicted octanol–water partition coefficient (Wildman–Crippen LogP) is 1.84. The summed E-state index contributed by atoms with van der Waals surface area (Å²) >= 11 is 1.50. The van der Waals surface area contributed by atoms with Crippen molar-refractivity contribution in [2.75, 3.05) is 19.7 Å². The van der Waals surface area contributed by atoms with Crippen LogP contribution in [0.1, 0.15) is 40.9 Å². The molecule has 2 heterocycles. The van der Waals surface area contributed by atoms with E-state index in [2.05, 4.69) is 11.8 Å². The largest absolute Gasteiger partial charge is 0.374 e. The Morgan fingerprint density at radius 1 is 1.48 bits per heavy atom. The van der Waals surface area contributed by atoms with Gasteiger partial charge in [0.1, 0.15) is 0 Å². The lowest BCUT2D eigenvalue weighted by molar-refractivity contribution is -0.0752. The smallest absolute Gasteiger partial charge is 0.255 e. The summed E-state index contributed by atoms with van der Waals surface area (Å²) in [7, 11) is 0. The zero-order valence-electron chi connectivity index (χ0n) is 12.0. The van der Waals surface area contributed by atoms with Crippen molar-refractivity contribution in [1.29, 1.82) is 0 Å². The Morgan fingerprint density at radius 2 is 2.33 bits per heavy atom. The van der Waals surface area contributed by atoms with E-state index in [1.54, 1.807) is 0 Å². The van der Waals surface area contributed by atoms with Crippen molar-refractivity contribution < 1.29 is 9.53 Å². The molecule has 1 aromatic rings. The SMILES string of the molecule is NCC#Cc1cc(C(=O)N2CCOC3CCCCC32)cs1. The zero-order chi connectivity index (χ0) is 14.7. The highest BCUT2D eigenvalue weighted by molar-refractivity contribution is 7.10. The van der Waals surface area contributed by atoms with Crippen LogP contribution in [0.5, 0.6) is 0 Å². The van der Waals surface area contributed by atoms with Crippen LogP contribution in [0.2, 0.25) is 0 Å². The third-order valence-corrected chi connectivity index (χ3v) is 5.00. The van der Waals surface area contributed by atoms with Gasteiger partial charge in [0.15, 0.2) is 0 Å². The summed E-state index contributed by atoms with van der Waals surface area (Å²) in [5.74, 6) is 5.93. The molecule has 3 rings (SSSR count). The second kappa shape index (κ2) is 6.61. The lowest BCUT2D eigenvalue weighted by Crippen LogP contribution is -2.54. The van der Waals surface area contributed by atoms with E-state index in [0.29, 0.717) is 19.7 Å². The highest BCUT2D eigenvalue weighted by Gasteiger charge is 2.37. The molecule has 1 aromatic heterocycles. The maximum atomic E-state index is 12.7. The molecule has 1 aliphatic heterocycles. The van der Waals surface area contributed by atoms with Gasteiger partial charge < -0.3 is 15.4 Å². The van der Waals surface area contributed by atoms with Gasteiger partial charge in [-0.25, -0.2) is 0 Å². The van der Waals surface area contributed by atoms with Crippen molar-refractivity contribution in [3.63, 3.8) is 0 Å². The molecule has 0 aromatic carbocycles. The molecular weight excluding hydrogens is 284 g/mol. The molecule has 2 unspecified atom stereocenters. The number of fused-ring (bicyclic) bond motifs is 1. The Hall–Kier alpha value is -1.35. The molecule has 2 aliphatic rings. The van der Waals surface area contributed by atoms with Crippen molar-refractivity contribution in [2.45, 2.75) is 37.8 Å². The Balaban J connectivity index is 1.75. The van der Waals surface area contributed by atoms with Gasteiger partial charge in [-0.15, -0.1) is 11.3 Å². The van der Waals surface area contributed by atoms with E-state index in [1.165, 1.54) is 24.2 Å². The first-order chi connectivity index (χ1) is 10.3. The van der Waals surface area contributed by atoms with Gasteiger partial charge in [0.2, 0.25) is 0 Å². The Morgan fingerprint density at radius 3 is 3.19 bits per heavy atom. The van der Waals surface area contributed by atoms with E-state index < -0.39 is 0 Å². The van der Waals surface area contributed by atoms with E-state index in [4.69, 9.17) is 10.5 Å². The van der Waals surface area contributed by atoms with Crippen LogP contribution >= 0.6 is 11.3 Å². The van der Waals surface area contributed by atoms with Crippen LogP contribution in [0.15, 0.2) is 11.4 Å². The topological polar surface area (TPSA) is 55.6 Å². The first-order valence-corrected chi connectivity index (χ1v) is 8.37. The van der Waals surface area contributed by atoms with Crippen LogP contribution in [0.25, 0.3) is 0 Å². The number of carbonyl (C=O) groups is 1. The van der Waals surface area contributed by atoms with E-state index in [0.717, 1.165) is 23.3 Å². The van der Waals surface area contributed by atoms with Crippen molar-refractivity contribution in [3.8, 4) is 11.8 Å². The average molecular weight is 304 g/mol. The number of rotatable bonds is 1. The summed E-state index contributed by atoms with van der Waals surface area (Å²) < 4.78 is 5.83. The molecule has 0 bridgehead atoms. The van der Waals surface area contributed by atoms with Crippen LogP contribution < -0.4 is 5.73 Å². The van der Waals surface area contributed by atoms with Gasteiger partial charge in [-0.3, -0.25) is 4.79 Å². The molecule has 2 atom stereocenters. The van der Waals surface area contributed by atoms with Gasteiger partial charge >= 0.3 is 0 Å². The number of carbonyl (C=O) groups excluding carboxylic acids is 1. The number of thiophene rings is 1. The van der Waals surface area contributed by atoms with Gasteiger partial charge in [0, 0.05) is 11.9 Å². The van der Waals surface area contributed by atoms with Gasteiger partial charge in [0.25, 0.3) is 5.91 Å². The molecule has 21 heavy (non-hydrogen) atoms. The second-order valence-corrected chi connectivity index (χ2v) is 6.38. The quantitative estimate of drug-likeness (QED) is 0.806. The molecule has 1 saturated heterocycles. The number of ether oxygens (including phenoxy) is 1. The van der Waals surface area contributed by atoms with Crippen LogP contribution in [0.4, 0.5) is 0 Å². The predicted molar refractivity (Wildman–Crippen MR) is 83.3 cm³/mol. The number of morpholine rings is 1. The van der Waals surface area contributed by atoms with E-state index in [9.17, 15) is 4.79 Å². The van der Waals surface area contributed by atoms with Gasteiger partial charge in [-0.05, 0) is 18.9 Å². The number of amides is 1. The molecule has 0 spiro atoms. The molecule has 0 radical (unpaired) electrons.